The summed E-state index contributed by atoms with van der Waals surface area (Å²) in [7, 11) is 0. The Kier molecular flexibility index (Phi) is 6.27. The SMILES string of the molecule is CCOc1cc2c(cc1OCC)-n1cccc1C(c1ccc(F)cc1)NC2.[Cl-]. The number of aromatic nitrogens is 1. The number of nitrogens with zero attached hydrogens (tertiary/aromatic N) is 1. The van der Waals surface area contributed by atoms with Gasteiger partial charge in [-0.15, -0.1) is 0 Å². The summed E-state index contributed by atoms with van der Waals surface area (Å²) in [6.07, 6.45) is 2.05. The Hall–Kier alpha value is -2.50. The van der Waals surface area contributed by atoms with E-state index in [9.17, 15) is 4.39 Å². The summed E-state index contributed by atoms with van der Waals surface area (Å²) in [4.78, 5) is 0. The lowest BCUT2D eigenvalue weighted by atomic mass is 10.0. The molecule has 2 aromatic carbocycles. The average Bonchev–Trinajstić information content (AvgIpc) is 3.09. The highest BCUT2D eigenvalue weighted by molar-refractivity contribution is 5.56. The molecule has 0 saturated carbocycles. The first-order chi connectivity index (χ1) is 13.2. The van der Waals surface area contributed by atoms with Crippen LogP contribution in [0.15, 0.2) is 54.7 Å². The lowest BCUT2D eigenvalue weighted by molar-refractivity contribution is -0.00000702. The van der Waals surface area contributed by atoms with Crippen molar-refractivity contribution in [2.75, 3.05) is 13.2 Å². The van der Waals surface area contributed by atoms with Crippen LogP contribution in [-0.2, 0) is 6.54 Å². The zero-order valence-electron chi connectivity index (χ0n) is 15.9. The fraction of sp³-hybridized carbons (Fsp3) is 0.273. The second kappa shape index (κ2) is 8.67. The van der Waals surface area contributed by atoms with Crippen LogP contribution in [0, 0.1) is 5.82 Å². The van der Waals surface area contributed by atoms with Crippen LogP contribution in [-0.4, -0.2) is 17.8 Å². The van der Waals surface area contributed by atoms with E-state index in [0.29, 0.717) is 19.8 Å². The number of rotatable bonds is 5. The molecule has 1 aromatic heterocycles. The van der Waals surface area contributed by atoms with Crippen molar-refractivity contribution in [3.05, 3.63) is 77.4 Å². The van der Waals surface area contributed by atoms with Crippen molar-refractivity contribution in [1.29, 1.82) is 0 Å². The molecule has 0 aliphatic carbocycles. The van der Waals surface area contributed by atoms with E-state index in [1.54, 1.807) is 0 Å². The van der Waals surface area contributed by atoms with Gasteiger partial charge in [0.15, 0.2) is 11.5 Å². The zero-order valence-corrected chi connectivity index (χ0v) is 16.7. The number of ether oxygens (including phenoxy) is 2. The topological polar surface area (TPSA) is 35.4 Å². The van der Waals surface area contributed by atoms with Crippen LogP contribution in [0.4, 0.5) is 4.39 Å². The van der Waals surface area contributed by atoms with Gasteiger partial charge in [0.2, 0.25) is 0 Å². The van der Waals surface area contributed by atoms with Crippen LogP contribution >= 0.6 is 0 Å². The Morgan fingerprint density at radius 2 is 1.71 bits per heavy atom. The van der Waals surface area contributed by atoms with E-state index < -0.39 is 0 Å². The van der Waals surface area contributed by atoms with Gasteiger partial charge in [0, 0.05) is 24.5 Å². The second-order valence-electron chi connectivity index (χ2n) is 6.46. The minimum atomic E-state index is -0.228. The number of hydrogen-bond acceptors (Lipinski definition) is 3. The van der Waals surface area contributed by atoms with Crippen molar-refractivity contribution < 1.29 is 26.3 Å². The van der Waals surface area contributed by atoms with Crippen molar-refractivity contribution in [2.45, 2.75) is 26.4 Å². The van der Waals surface area contributed by atoms with Gasteiger partial charge in [0.25, 0.3) is 0 Å². The molecule has 0 spiro atoms. The highest BCUT2D eigenvalue weighted by Crippen LogP contribution is 2.37. The number of benzene rings is 2. The molecule has 148 valence electrons. The van der Waals surface area contributed by atoms with Crippen molar-refractivity contribution >= 4 is 0 Å². The molecule has 1 aliphatic rings. The maximum absolute atomic E-state index is 13.4. The van der Waals surface area contributed by atoms with Gasteiger partial charge in [0.05, 0.1) is 24.9 Å². The minimum absolute atomic E-state index is 0. The first-order valence-corrected chi connectivity index (χ1v) is 9.30. The first kappa shape index (κ1) is 20.2. The lowest BCUT2D eigenvalue weighted by Crippen LogP contribution is -3.00. The molecule has 4 nitrogen and oxygen atoms in total. The summed E-state index contributed by atoms with van der Waals surface area (Å²) in [5, 5.41) is 3.60. The average molecular weight is 402 g/mol. The standard InChI is InChI=1S/C22H23FN2O2.ClH/c1-3-26-20-12-16-14-24-22(15-7-9-17(23)10-8-15)18-6-5-11-25(18)19(16)13-21(20)27-4-2;/h5-13,22,24H,3-4,14H2,1-2H3;1H/p-1. The molecule has 3 aromatic rings. The Bertz CT molecular complexity index is 940. The minimum Gasteiger partial charge on any atom is -1.00 e. The second-order valence-corrected chi connectivity index (χ2v) is 6.46. The molecule has 4 rings (SSSR count). The van der Waals surface area contributed by atoms with E-state index in [1.165, 1.54) is 12.1 Å². The normalized spacial score (nSPS) is 15.0. The summed E-state index contributed by atoms with van der Waals surface area (Å²) in [5.74, 6) is 1.28. The Morgan fingerprint density at radius 1 is 1.04 bits per heavy atom. The van der Waals surface area contributed by atoms with E-state index in [0.717, 1.165) is 34.0 Å². The molecular weight excluding hydrogens is 379 g/mol. The highest BCUT2D eigenvalue weighted by atomic mass is 35.5. The van der Waals surface area contributed by atoms with Crippen LogP contribution in [0.5, 0.6) is 11.5 Å². The molecule has 1 aliphatic heterocycles. The van der Waals surface area contributed by atoms with Gasteiger partial charge in [-0.2, -0.15) is 0 Å². The maximum Gasteiger partial charge on any atom is 0.163 e. The summed E-state index contributed by atoms with van der Waals surface area (Å²) in [6.45, 7) is 5.77. The van der Waals surface area contributed by atoms with Crippen molar-refractivity contribution in [2.24, 2.45) is 0 Å². The van der Waals surface area contributed by atoms with Gasteiger partial charge in [-0.25, -0.2) is 4.39 Å². The smallest absolute Gasteiger partial charge is 0.163 e. The largest absolute Gasteiger partial charge is 1.00 e. The molecule has 0 amide bonds. The van der Waals surface area contributed by atoms with E-state index in [-0.39, 0.29) is 24.3 Å². The van der Waals surface area contributed by atoms with E-state index in [4.69, 9.17) is 9.47 Å². The van der Waals surface area contributed by atoms with E-state index in [2.05, 4.69) is 16.0 Å². The maximum atomic E-state index is 13.4. The molecule has 1 N–H and O–H groups in total. The first-order valence-electron chi connectivity index (χ1n) is 9.30. The number of nitrogens with one attached hydrogen (secondary N) is 1. The highest BCUT2D eigenvalue weighted by Gasteiger charge is 2.24. The fourth-order valence-electron chi connectivity index (χ4n) is 3.60. The Labute approximate surface area is 170 Å². The van der Waals surface area contributed by atoms with Crippen molar-refractivity contribution in [3.8, 4) is 17.2 Å². The molecule has 1 unspecified atom stereocenters. The predicted octanol–water partition coefficient (Wildman–Crippen LogP) is 1.61. The van der Waals surface area contributed by atoms with E-state index in [1.807, 2.05) is 50.4 Å². The predicted molar refractivity (Wildman–Crippen MR) is 103 cm³/mol. The van der Waals surface area contributed by atoms with Gasteiger partial charge in [-0.05, 0) is 55.3 Å². The van der Waals surface area contributed by atoms with Gasteiger partial charge in [0.1, 0.15) is 5.82 Å². The summed E-state index contributed by atoms with van der Waals surface area (Å²) in [6, 6.07) is 14.8. The summed E-state index contributed by atoms with van der Waals surface area (Å²) < 4.78 is 27.1. The number of halogens is 2. The third-order valence-electron chi connectivity index (χ3n) is 4.78. The summed E-state index contributed by atoms with van der Waals surface area (Å²) in [5.41, 5.74) is 4.33. The van der Waals surface area contributed by atoms with Crippen LogP contribution in [0.3, 0.4) is 0 Å². The molecule has 0 fully saturated rings. The number of hydrogen-bond donors (Lipinski definition) is 1. The van der Waals surface area contributed by atoms with Crippen molar-refractivity contribution in [1.82, 2.24) is 9.88 Å². The van der Waals surface area contributed by atoms with Gasteiger partial charge < -0.3 is 31.8 Å². The molecule has 0 bridgehead atoms. The van der Waals surface area contributed by atoms with Gasteiger partial charge in [-0.3, -0.25) is 0 Å². The molecule has 2 heterocycles. The lowest BCUT2D eigenvalue weighted by Gasteiger charge is -2.18. The number of fused-ring (bicyclic) bond motifs is 3. The summed E-state index contributed by atoms with van der Waals surface area (Å²) >= 11 is 0. The third kappa shape index (κ3) is 3.73. The van der Waals surface area contributed by atoms with E-state index >= 15 is 0 Å². The quantitative estimate of drug-likeness (QED) is 0.705. The Balaban J connectivity index is 0.00000225. The van der Waals surface area contributed by atoms with Crippen LogP contribution in [0.2, 0.25) is 0 Å². The molecule has 0 radical (unpaired) electrons. The molecule has 28 heavy (non-hydrogen) atoms. The van der Waals surface area contributed by atoms with Crippen LogP contribution < -0.4 is 27.2 Å². The zero-order chi connectivity index (χ0) is 18.8. The third-order valence-corrected chi connectivity index (χ3v) is 4.78. The fourth-order valence-corrected chi connectivity index (χ4v) is 3.60. The Morgan fingerprint density at radius 3 is 2.39 bits per heavy atom. The van der Waals surface area contributed by atoms with Crippen LogP contribution in [0.1, 0.15) is 36.7 Å². The van der Waals surface area contributed by atoms with Crippen LogP contribution in [0.25, 0.3) is 5.69 Å². The molecule has 1 atom stereocenters. The molecule has 0 saturated heterocycles. The van der Waals surface area contributed by atoms with Crippen molar-refractivity contribution in [3.63, 3.8) is 0 Å². The monoisotopic (exact) mass is 401 g/mol. The molecule has 6 heteroatoms. The van der Waals surface area contributed by atoms with Gasteiger partial charge >= 0.3 is 0 Å². The molecular formula is C22H23ClFN2O2-. The van der Waals surface area contributed by atoms with Gasteiger partial charge in [-0.1, -0.05) is 12.1 Å².